The monoisotopic (exact) mass is 354 g/mol. The van der Waals surface area contributed by atoms with Gasteiger partial charge in [-0.2, -0.15) is 0 Å². The van der Waals surface area contributed by atoms with Crippen LogP contribution in [0.3, 0.4) is 0 Å². The normalized spacial score (nSPS) is 15.0. The SMILES string of the molecule is CN(C(=O)c1ccc(-c2nc3cc(Cl)ccc3o2)cc1)C1CCCC1. The maximum absolute atomic E-state index is 12.6. The Morgan fingerprint density at radius 3 is 2.60 bits per heavy atom. The molecule has 0 unspecified atom stereocenters. The number of carbonyl (C=O) groups is 1. The third-order valence-electron chi connectivity index (χ3n) is 4.92. The first-order valence-corrected chi connectivity index (χ1v) is 8.93. The molecule has 1 aromatic heterocycles. The molecule has 5 heteroatoms. The molecule has 1 fully saturated rings. The minimum Gasteiger partial charge on any atom is -0.436 e. The van der Waals surface area contributed by atoms with E-state index in [1.54, 1.807) is 12.1 Å². The van der Waals surface area contributed by atoms with Crippen molar-refractivity contribution in [1.82, 2.24) is 9.88 Å². The van der Waals surface area contributed by atoms with Crippen molar-refractivity contribution in [2.45, 2.75) is 31.7 Å². The first-order valence-electron chi connectivity index (χ1n) is 8.55. The molecule has 0 bridgehead atoms. The second-order valence-electron chi connectivity index (χ2n) is 6.56. The van der Waals surface area contributed by atoms with Gasteiger partial charge in [0.25, 0.3) is 5.91 Å². The predicted molar refractivity (Wildman–Crippen MR) is 98.8 cm³/mol. The second-order valence-corrected chi connectivity index (χ2v) is 7.00. The number of carbonyl (C=O) groups excluding carboxylic acids is 1. The summed E-state index contributed by atoms with van der Waals surface area (Å²) in [4.78, 5) is 19.0. The number of nitrogens with zero attached hydrogens (tertiary/aromatic N) is 2. The van der Waals surface area contributed by atoms with E-state index >= 15 is 0 Å². The van der Waals surface area contributed by atoms with Gasteiger partial charge in [-0.05, 0) is 55.3 Å². The highest BCUT2D eigenvalue weighted by Crippen LogP contribution is 2.27. The number of fused-ring (bicyclic) bond motifs is 1. The molecule has 0 spiro atoms. The molecule has 25 heavy (non-hydrogen) atoms. The Bertz CT molecular complexity index is 911. The maximum Gasteiger partial charge on any atom is 0.253 e. The topological polar surface area (TPSA) is 46.3 Å². The van der Waals surface area contributed by atoms with E-state index in [-0.39, 0.29) is 5.91 Å². The van der Waals surface area contributed by atoms with Crippen LogP contribution in [0.15, 0.2) is 46.9 Å². The van der Waals surface area contributed by atoms with Crippen LogP contribution in [0.5, 0.6) is 0 Å². The van der Waals surface area contributed by atoms with Crippen LogP contribution >= 0.6 is 11.6 Å². The van der Waals surface area contributed by atoms with E-state index < -0.39 is 0 Å². The van der Waals surface area contributed by atoms with E-state index in [9.17, 15) is 4.79 Å². The van der Waals surface area contributed by atoms with Crippen molar-refractivity contribution in [2.75, 3.05) is 7.05 Å². The number of hydrogen-bond donors (Lipinski definition) is 0. The Morgan fingerprint density at radius 2 is 1.88 bits per heavy atom. The van der Waals surface area contributed by atoms with Crippen LogP contribution in [0.2, 0.25) is 5.02 Å². The van der Waals surface area contributed by atoms with Crippen LogP contribution in [0.1, 0.15) is 36.0 Å². The molecular weight excluding hydrogens is 336 g/mol. The van der Waals surface area contributed by atoms with Gasteiger partial charge < -0.3 is 9.32 Å². The summed E-state index contributed by atoms with van der Waals surface area (Å²) in [7, 11) is 1.90. The average molecular weight is 355 g/mol. The molecule has 4 nitrogen and oxygen atoms in total. The molecule has 1 heterocycles. The summed E-state index contributed by atoms with van der Waals surface area (Å²) in [5, 5.41) is 0.628. The summed E-state index contributed by atoms with van der Waals surface area (Å²) in [5.41, 5.74) is 2.95. The first-order chi connectivity index (χ1) is 12.1. The maximum atomic E-state index is 12.6. The summed E-state index contributed by atoms with van der Waals surface area (Å²) in [6, 6.07) is 13.2. The summed E-state index contributed by atoms with van der Waals surface area (Å²) in [6.07, 6.45) is 4.63. The van der Waals surface area contributed by atoms with Crippen LogP contribution in [-0.4, -0.2) is 28.9 Å². The van der Waals surface area contributed by atoms with Gasteiger partial charge in [-0.3, -0.25) is 4.79 Å². The van der Waals surface area contributed by atoms with Crippen molar-refractivity contribution in [3.63, 3.8) is 0 Å². The Kier molecular flexibility index (Phi) is 4.22. The summed E-state index contributed by atoms with van der Waals surface area (Å²) < 4.78 is 5.77. The van der Waals surface area contributed by atoms with Crippen LogP contribution in [0, 0.1) is 0 Å². The van der Waals surface area contributed by atoms with Gasteiger partial charge in [-0.25, -0.2) is 4.98 Å². The van der Waals surface area contributed by atoms with Crippen LogP contribution in [0.4, 0.5) is 0 Å². The highest BCUT2D eigenvalue weighted by Gasteiger charge is 2.24. The molecule has 0 radical (unpaired) electrons. The van der Waals surface area contributed by atoms with E-state index in [1.807, 2.05) is 42.3 Å². The molecule has 0 saturated heterocycles. The molecule has 0 aliphatic heterocycles. The first kappa shape index (κ1) is 16.2. The summed E-state index contributed by atoms with van der Waals surface area (Å²) in [5.74, 6) is 0.600. The third kappa shape index (κ3) is 3.14. The fourth-order valence-electron chi connectivity index (χ4n) is 3.44. The standard InChI is InChI=1S/C20H19ClN2O2/c1-23(16-4-2-3-5-16)20(24)14-8-6-13(7-9-14)19-22-17-12-15(21)10-11-18(17)25-19/h6-12,16H,2-5H2,1H3. The quantitative estimate of drug-likeness (QED) is 0.652. The largest absolute Gasteiger partial charge is 0.436 e. The van der Waals surface area contributed by atoms with Crippen molar-refractivity contribution in [3.05, 3.63) is 53.1 Å². The van der Waals surface area contributed by atoms with E-state index in [0.717, 1.165) is 23.9 Å². The van der Waals surface area contributed by atoms with Crippen LogP contribution < -0.4 is 0 Å². The Labute approximate surface area is 151 Å². The van der Waals surface area contributed by atoms with Crippen molar-refractivity contribution in [3.8, 4) is 11.5 Å². The van der Waals surface area contributed by atoms with Crippen molar-refractivity contribution >= 4 is 28.6 Å². The highest BCUT2D eigenvalue weighted by molar-refractivity contribution is 6.31. The average Bonchev–Trinajstić information content (AvgIpc) is 3.30. The van der Waals surface area contributed by atoms with Gasteiger partial charge in [0.05, 0.1) is 0 Å². The van der Waals surface area contributed by atoms with Crippen LogP contribution in [-0.2, 0) is 0 Å². The number of aromatic nitrogens is 1. The number of benzene rings is 2. The zero-order valence-electron chi connectivity index (χ0n) is 14.0. The van der Waals surface area contributed by atoms with Gasteiger partial charge in [0.2, 0.25) is 5.89 Å². The minimum absolute atomic E-state index is 0.0720. The molecule has 2 aromatic carbocycles. The number of hydrogen-bond acceptors (Lipinski definition) is 3. The molecule has 3 aromatic rings. The fourth-order valence-corrected chi connectivity index (χ4v) is 3.61. The highest BCUT2D eigenvalue weighted by atomic mass is 35.5. The Balaban J connectivity index is 1.57. The second kappa shape index (κ2) is 6.52. The van der Waals surface area contributed by atoms with E-state index in [1.165, 1.54) is 12.8 Å². The zero-order chi connectivity index (χ0) is 17.4. The molecule has 1 amide bonds. The van der Waals surface area contributed by atoms with Gasteiger partial charge in [-0.15, -0.1) is 0 Å². The van der Waals surface area contributed by atoms with Crippen molar-refractivity contribution < 1.29 is 9.21 Å². The molecule has 0 atom stereocenters. The van der Waals surface area contributed by atoms with E-state index in [4.69, 9.17) is 16.0 Å². The molecule has 0 N–H and O–H groups in total. The van der Waals surface area contributed by atoms with Gasteiger partial charge in [0, 0.05) is 29.2 Å². The van der Waals surface area contributed by atoms with Gasteiger partial charge >= 0.3 is 0 Å². The number of amides is 1. The Morgan fingerprint density at radius 1 is 1.16 bits per heavy atom. The number of halogens is 1. The Hall–Kier alpha value is -2.33. The summed E-state index contributed by atoms with van der Waals surface area (Å²) in [6.45, 7) is 0. The minimum atomic E-state index is 0.0720. The van der Waals surface area contributed by atoms with Gasteiger partial charge in [0.15, 0.2) is 5.58 Å². The molecule has 128 valence electrons. The van der Waals surface area contributed by atoms with Crippen LogP contribution in [0.25, 0.3) is 22.6 Å². The van der Waals surface area contributed by atoms with Gasteiger partial charge in [-0.1, -0.05) is 24.4 Å². The van der Waals surface area contributed by atoms with Crippen molar-refractivity contribution in [2.24, 2.45) is 0 Å². The van der Waals surface area contributed by atoms with Gasteiger partial charge in [0.1, 0.15) is 5.52 Å². The summed E-state index contributed by atoms with van der Waals surface area (Å²) >= 11 is 5.99. The van der Waals surface area contributed by atoms with E-state index in [2.05, 4.69) is 4.98 Å². The number of oxazole rings is 1. The third-order valence-corrected chi connectivity index (χ3v) is 5.16. The lowest BCUT2D eigenvalue weighted by molar-refractivity contribution is 0.0735. The van der Waals surface area contributed by atoms with E-state index in [0.29, 0.717) is 28.1 Å². The molecule has 1 saturated carbocycles. The molecule has 4 rings (SSSR count). The molecule has 1 aliphatic rings. The van der Waals surface area contributed by atoms with Crippen molar-refractivity contribution in [1.29, 1.82) is 0 Å². The zero-order valence-corrected chi connectivity index (χ0v) is 14.8. The smallest absolute Gasteiger partial charge is 0.253 e. The molecular formula is C20H19ClN2O2. The lowest BCUT2D eigenvalue weighted by Crippen LogP contribution is -2.35. The number of rotatable bonds is 3. The predicted octanol–water partition coefficient (Wildman–Crippen LogP) is 5.16. The fraction of sp³-hybridized carbons (Fsp3) is 0.300. The lowest BCUT2D eigenvalue weighted by atomic mass is 10.1. The molecule has 1 aliphatic carbocycles. The lowest BCUT2D eigenvalue weighted by Gasteiger charge is -2.24.